The summed E-state index contributed by atoms with van der Waals surface area (Å²) in [5.41, 5.74) is 0.137. The van der Waals surface area contributed by atoms with Crippen LogP contribution >= 0.6 is 0 Å². The van der Waals surface area contributed by atoms with Crippen LogP contribution in [0.4, 0.5) is 5.95 Å². The Morgan fingerprint density at radius 2 is 2.05 bits per heavy atom. The number of hydrogen-bond donors (Lipinski definition) is 3. The van der Waals surface area contributed by atoms with Crippen LogP contribution in [0, 0.1) is 0 Å². The fourth-order valence-electron chi connectivity index (χ4n) is 1.61. The lowest BCUT2D eigenvalue weighted by Gasteiger charge is -2.05. The normalized spacial score (nSPS) is 10.1. The number of nitrogens with zero attached hydrogens (tertiary/aromatic N) is 1. The van der Waals surface area contributed by atoms with Gasteiger partial charge in [-0.3, -0.25) is 9.78 Å². The van der Waals surface area contributed by atoms with Crippen molar-refractivity contribution in [1.82, 2.24) is 9.97 Å². The van der Waals surface area contributed by atoms with E-state index in [0.717, 1.165) is 12.6 Å². The molecule has 0 bridgehead atoms. The predicted molar refractivity (Wildman–Crippen MR) is 70.5 cm³/mol. The summed E-state index contributed by atoms with van der Waals surface area (Å²) in [6.07, 6.45) is 1.83. The van der Waals surface area contributed by atoms with Gasteiger partial charge in [0.05, 0.1) is 6.20 Å². The molecule has 3 N–H and O–H groups in total. The number of carboxylic acids is 1. The minimum Gasteiger partial charge on any atom is -0.477 e. The number of aromatic amines is 1. The van der Waals surface area contributed by atoms with Crippen LogP contribution in [0.25, 0.3) is 0 Å². The molecule has 0 aliphatic heterocycles. The van der Waals surface area contributed by atoms with E-state index in [1.807, 2.05) is 30.3 Å². The Kier molecular flexibility index (Phi) is 3.92. The third-order valence-electron chi connectivity index (χ3n) is 2.58. The van der Waals surface area contributed by atoms with E-state index in [4.69, 9.17) is 5.11 Å². The molecule has 98 valence electrons. The van der Waals surface area contributed by atoms with E-state index >= 15 is 0 Å². The van der Waals surface area contributed by atoms with Gasteiger partial charge in [0.2, 0.25) is 5.95 Å². The minimum absolute atomic E-state index is 0.269. The zero-order chi connectivity index (χ0) is 13.7. The molecular weight excluding hydrogens is 246 g/mol. The summed E-state index contributed by atoms with van der Waals surface area (Å²) in [6, 6.07) is 9.87. The first kappa shape index (κ1) is 12.8. The second-order valence-corrected chi connectivity index (χ2v) is 3.94. The fourth-order valence-corrected chi connectivity index (χ4v) is 1.61. The van der Waals surface area contributed by atoms with Crippen molar-refractivity contribution in [3.8, 4) is 0 Å². The maximum Gasteiger partial charge on any atom is 0.342 e. The number of H-pyrrole nitrogens is 1. The van der Waals surface area contributed by atoms with Crippen molar-refractivity contribution in [3.63, 3.8) is 0 Å². The summed E-state index contributed by atoms with van der Waals surface area (Å²) in [4.78, 5) is 28.3. The van der Waals surface area contributed by atoms with Crippen LogP contribution in [0.3, 0.4) is 0 Å². The Morgan fingerprint density at radius 3 is 2.68 bits per heavy atom. The Balaban J connectivity index is 1.95. The Bertz CT molecular complexity index is 623. The largest absolute Gasteiger partial charge is 0.477 e. The number of aromatic nitrogens is 2. The topological polar surface area (TPSA) is 95.1 Å². The van der Waals surface area contributed by atoms with Crippen LogP contribution in [-0.4, -0.2) is 27.6 Å². The first-order chi connectivity index (χ1) is 9.16. The van der Waals surface area contributed by atoms with Crippen LogP contribution in [0.1, 0.15) is 15.9 Å². The van der Waals surface area contributed by atoms with E-state index in [1.165, 1.54) is 5.56 Å². The van der Waals surface area contributed by atoms with Crippen LogP contribution in [-0.2, 0) is 6.42 Å². The molecule has 0 unspecified atom stereocenters. The van der Waals surface area contributed by atoms with Gasteiger partial charge in [-0.1, -0.05) is 30.3 Å². The van der Waals surface area contributed by atoms with E-state index < -0.39 is 11.5 Å². The summed E-state index contributed by atoms with van der Waals surface area (Å²) in [6.45, 7) is 0.597. The number of anilines is 1. The van der Waals surface area contributed by atoms with Crippen molar-refractivity contribution in [2.45, 2.75) is 6.42 Å². The average Bonchev–Trinajstić information content (AvgIpc) is 2.39. The lowest BCUT2D eigenvalue weighted by Crippen LogP contribution is -2.20. The van der Waals surface area contributed by atoms with Gasteiger partial charge in [-0.15, -0.1) is 0 Å². The highest BCUT2D eigenvalue weighted by atomic mass is 16.4. The van der Waals surface area contributed by atoms with Crippen LogP contribution in [0.15, 0.2) is 41.3 Å². The van der Waals surface area contributed by atoms with Gasteiger partial charge in [-0.2, -0.15) is 0 Å². The van der Waals surface area contributed by atoms with Gasteiger partial charge in [0.1, 0.15) is 5.56 Å². The smallest absolute Gasteiger partial charge is 0.342 e. The number of rotatable bonds is 5. The molecule has 0 spiro atoms. The van der Waals surface area contributed by atoms with Gasteiger partial charge < -0.3 is 10.4 Å². The molecule has 6 nitrogen and oxygen atoms in total. The maximum absolute atomic E-state index is 11.4. The Hall–Kier alpha value is -2.63. The first-order valence-corrected chi connectivity index (χ1v) is 5.77. The second-order valence-electron chi connectivity index (χ2n) is 3.94. The second kappa shape index (κ2) is 5.81. The summed E-state index contributed by atoms with van der Waals surface area (Å²) in [5.74, 6) is -1.02. The molecule has 0 fully saturated rings. The van der Waals surface area contributed by atoms with Crippen molar-refractivity contribution < 1.29 is 9.90 Å². The molecular formula is C13H13N3O3. The third kappa shape index (κ3) is 3.41. The molecule has 6 heteroatoms. The lowest BCUT2D eigenvalue weighted by molar-refractivity contribution is 0.0694. The molecule has 0 amide bonds. The molecule has 0 saturated carbocycles. The molecule has 0 aliphatic rings. The summed E-state index contributed by atoms with van der Waals surface area (Å²) in [5, 5.41) is 11.6. The highest BCUT2D eigenvalue weighted by Crippen LogP contribution is 2.00. The Morgan fingerprint density at radius 1 is 1.32 bits per heavy atom. The monoisotopic (exact) mass is 259 g/mol. The molecule has 1 aromatic carbocycles. The quantitative estimate of drug-likeness (QED) is 0.748. The molecule has 2 aromatic rings. The van der Waals surface area contributed by atoms with E-state index in [9.17, 15) is 9.59 Å². The maximum atomic E-state index is 11.4. The zero-order valence-corrected chi connectivity index (χ0v) is 10.1. The van der Waals surface area contributed by atoms with Crippen LogP contribution in [0.2, 0.25) is 0 Å². The fraction of sp³-hybridized carbons (Fsp3) is 0.154. The minimum atomic E-state index is -1.29. The van der Waals surface area contributed by atoms with Crippen molar-refractivity contribution in [1.29, 1.82) is 0 Å². The molecule has 19 heavy (non-hydrogen) atoms. The lowest BCUT2D eigenvalue weighted by atomic mass is 10.1. The van der Waals surface area contributed by atoms with Crippen LogP contribution in [0.5, 0.6) is 0 Å². The van der Waals surface area contributed by atoms with Crippen molar-refractivity contribution in [2.75, 3.05) is 11.9 Å². The number of carboxylic acid groups (broad SMARTS) is 1. The predicted octanol–water partition coefficient (Wildman–Crippen LogP) is 1.12. The SMILES string of the molecule is O=C(O)c1cnc(NCCc2ccccc2)[nH]c1=O. The van der Waals surface area contributed by atoms with E-state index in [0.29, 0.717) is 6.54 Å². The van der Waals surface area contributed by atoms with Gasteiger partial charge in [-0.25, -0.2) is 9.78 Å². The van der Waals surface area contributed by atoms with Crippen LogP contribution < -0.4 is 10.9 Å². The highest BCUT2D eigenvalue weighted by molar-refractivity contribution is 5.86. The third-order valence-corrected chi connectivity index (χ3v) is 2.58. The van der Waals surface area contributed by atoms with E-state index in [1.54, 1.807) is 0 Å². The molecule has 0 atom stereocenters. The molecule has 2 rings (SSSR count). The first-order valence-electron chi connectivity index (χ1n) is 5.77. The summed E-state index contributed by atoms with van der Waals surface area (Å²) >= 11 is 0. The number of nitrogens with one attached hydrogen (secondary N) is 2. The van der Waals surface area contributed by atoms with E-state index in [-0.39, 0.29) is 11.5 Å². The van der Waals surface area contributed by atoms with Crippen molar-refractivity contribution >= 4 is 11.9 Å². The number of carbonyl (C=O) groups is 1. The highest BCUT2D eigenvalue weighted by Gasteiger charge is 2.09. The summed E-state index contributed by atoms with van der Waals surface area (Å²) < 4.78 is 0. The molecule has 1 heterocycles. The number of benzene rings is 1. The van der Waals surface area contributed by atoms with Gasteiger partial charge >= 0.3 is 5.97 Å². The standard InChI is InChI=1S/C13H13N3O3/c17-11-10(12(18)19)8-15-13(16-11)14-7-6-9-4-2-1-3-5-9/h1-5,8H,6-7H2,(H,18,19)(H2,14,15,16,17). The molecule has 0 radical (unpaired) electrons. The molecule has 0 saturated heterocycles. The van der Waals surface area contributed by atoms with E-state index in [2.05, 4.69) is 15.3 Å². The zero-order valence-electron chi connectivity index (χ0n) is 10.1. The van der Waals surface area contributed by atoms with Gasteiger partial charge in [0, 0.05) is 6.54 Å². The number of aromatic carboxylic acids is 1. The van der Waals surface area contributed by atoms with Gasteiger partial charge in [0.15, 0.2) is 0 Å². The molecule has 0 aliphatic carbocycles. The van der Waals surface area contributed by atoms with Crippen molar-refractivity contribution in [2.24, 2.45) is 0 Å². The average molecular weight is 259 g/mol. The molecule has 1 aromatic heterocycles. The van der Waals surface area contributed by atoms with Crippen molar-refractivity contribution in [3.05, 3.63) is 58.0 Å². The number of hydrogen-bond acceptors (Lipinski definition) is 4. The van der Waals surface area contributed by atoms with Gasteiger partial charge in [0.25, 0.3) is 5.56 Å². The summed E-state index contributed by atoms with van der Waals surface area (Å²) in [7, 11) is 0. The Labute approximate surface area is 109 Å². The van der Waals surface area contributed by atoms with Gasteiger partial charge in [-0.05, 0) is 12.0 Å².